The summed E-state index contributed by atoms with van der Waals surface area (Å²) in [5, 5.41) is 0. The second-order valence-corrected chi connectivity index (χ2v) is 3.55. The van der Waals surface area contributed by atoms with Crippen molar-refractivity contribution in [3.63, 3.8) is 0 Å². The molecule has 0 fully saturated rings. The van der Waals surface area contributed by atoms with Crippen molar-refractivity contribution in [1.29, 1.82) is 0 Å². The minimum atomic E-state index is -0.490. The topological polar surface area (TPSA) is 56.9 Å². The van der Waals surface area contributed by atoms with Crippen LogP contribution in [0.3, 0.4) is 0 Å². The summed E-state index contributed by atoms with van der Waals surface area (Å²) in [6.45, 7) is 4.36. The molecule has 5 nitrogen and oxygen atoms in total. The van der Waals surface area contributed by atoms with Crippen LogP contribution in [0.4, 0.5) is 0 Å². The third kappa shape index (κ3) is 0.982. The highest BCUT2D eigenvalue weighted by molar-refractivity contribution is 5.63. The van der Waals surface area contributed by atoms with Gasteiger partial charge in [-0.1, -0.05) is 0 Å². The molecule has 0 bridgehead atoms. The number of nitrogens with zero attached hydrogens (tertiary/aromatic N) is 3. The highest BCUT2D eigenvalue weighted by Gasteiger charge is 2.19. The lowest BCUT2D eigenvalue weighted by Crippen LogP contribution is -2.40. The summed E-state index contributed by atoms with van der Waals surface area (Å²) < 4.78 is 2.54. The SMILES string of the molecule is CC1=C(C)c2nc(=O)n(C)c(=O)n2C1. The zero-order valence-electron chi connectivity index (χ0n) is 8.37. The first-order chi connectivity index (χ1) is 6.52. The van der Waals surface area contributed by atoms with Gasteiger partial charge in [-0.3, -0.25) is 4.57 Å². The van der Waals surface area contributed by atoms with Crippen LogP contribution in [0, 0.1) is 0 Å². The molecule has 0 saturated heterocycles. The molecule has 1 aliphatic rings. The largest absolute Gasteiger partial charge is 0.353 e. The maximum absolute atomic E-state index is 11.6. The summed E-state index contributed by atoms with van der Waals surface area (Å²) in [5.74, 6) is 0.510. The first-order valence-electron chi connectivity index (χ1n) is 4.37. The van der Waals surface area contributed by atoms with Gasteiger partial charge in [0.05, 0.1) is 6.54 Å². The average Bonchev–Trinajstić information content (AvgIpc) is 2.42. The van der Waals surface area contributed by atoms with E-state index in [4.69, 9.17) is 0 Å². The second-order valence-electron chi connectivity index (χ2n) is 3.55. The van der Waals surface area contributed by atoms with Crippen LogP contribution < -0.4 is 11.4 Å². The first-order valence-corrected chi connectivity index (χ1v) is 4.37. The average molecular weight is 193 g/mol. The van der Waals surface area contributed by atoms with Crippen molar-refractivity contribution in [1.82, 2.24) is 14.1 Å². The zero-order valence-corrected chi connectivity index (χ0v) is 8.37. The van der Waals surface area contributed by atoms with E-state index in [1.807, 2.05) is 13.8 Å². The van der Waals surface area contributed by atoms with Gasteiger partial charge in [0.25, 0.3) is 0 Å². The van der Waals surface area contributed by atoms with Gasteiger partial charge in [-0.05, 0) is 25.0 Å². The molecule has 0 unspecified atom stereocenters. The minimum Gasteiger partial charge on any atom is -0.273 e. The van der Waals surface area contributed by atoms with Crippen LogP contribution in [-0.4, -0.2) is 14.1 Å². The van der Waals surface area contributed by atoms with E-state index < -0.39 is 5.69 Å². The van der Waals surface area contributed by atoms with E-state index in [1.165, 1.54) is 11.6 Å². The van der Waals surface area contributed by atoms with E-state index >= 15 is 0 Å². The van der Waals surface area contributed by atoms with Crippen molar-refractivity contribution in [2.24, 2.45) is 7.05 Å². The van der Waals surface area contributed by atoms with Crippen LogP contribution in [0.5, 0.6) is 0 Å². The normalized spacial score (nSPS) is 14.8. The Kier molecular flexibility index (Phi) is 1.70. The monoisotopic (exact) mass is 193 g/mol. The van der Waals surface area contributed by atoms with Crippen molar-refractivity contribution >= 4 is 5.57 Å². The molecule has 0 N–H and O–H groups in total. The lowest BCUT2D eigenvalue weighted by Gasteiger charge is -2.03. The molecule has 0 aliphatic carbocycles. The van der Waals surface area contributed by atoms with Crippen LogP contribution in [0.1, 0.15) is 19.7 Å². The maximum Gasteiger partial charge on any atom is 0.353 e. The fourth-order valence-corrected chi connectivity index (χ4v) is 1.55. The van der Waals surface area contributed by atoms with Gasteiger partial charge in [0.2, 0.25) is 0 Å². The summed E-state index contributed by atoms with van der Waals surface area (Å²) in [5.41, 5.74) is 1.23. The first kappa shape index (κ1) is 8.93. The van der Waals surface area contributed by atoms with Crippen LogP contribution >= 0.6 is 0 Å². The van der Waals surface area contributed by atoms with Crippen molar-refractivity contribution < 1.29 is 0 Å². The van der Waals surface area contributed by atoms with Gasteiger partial charge in [-0.25, -0.2) is 14.2 Å². The van der Waals surface area contributed by atoms with Crippen molar-refractivity contribution in [2.45, 2.75) is 20.4 Å². The fraction of sp³-hybridized carbons (Fsp3) is 0.444. The number of hydrogen-bond donors (Lipinski definition) is 0. The standard InChI is InChI=1S/C9H11N3O2/c1-5-4-12-7(6(5)2)10-8(13)11(3)9(12)14/h4H2,1-3H3. The van der Waals surface area contributed by atoms with Crippen molar-refractivity contribution in [3.05, 3.63) is 32.4 Å². The molecule has 0 atom stereocenters. The molecule has 0 radical (unpaired) electrons. The number of hydrogen-bond acceptors (Lipinski definition) is 3. The number of allylic oxidation sites excluding steroid dienone is 2. The molecule has 2 rings (SSSR count). The molecule has 14 heavy (non-hydrogen) atoms. The zero-order chi connectivity index (χ0) is 10.5. The van der Waals surface area contributed by atoms with Gasteiger partial charge in [-0.2, -0.15) is 4.98 Å². The maximum atomic E-state index is 11.6. The van der Waals surface area contributed by atoms with Gasteiger partial charge in [-0.15, -0.1) is 0 Å². The molecule has 2 heterocycles. The van der Waals surface area contributed by atoms with Crippen molar-refractivity contribution in [3.8, 4) is 0 Å². The highest BCUT2D eigenvalue weighted by Crippen LogP contribution is 2.21. The van der Waals surface area contributed by atoms with Crippen molar-refractivity contribution in [2.75, 3.05) is 0 Å². The Morgan fingerprint density at radius 2 is 1.93 bits per heavy atom. The third-order valence-corrected chi connectivity index (χ3v) is 2.63. The minimum absolute atomic E-state index is 0.295. The van der Waals surface area contributed by atoms with E-state index in [9.17, 15) is 9.59 Å². The second kappa shape index (κ2) is 2.67. The number of rotatable bonds is 0. The number of aromatic nitrogens is 3. The summed E-state index contributed by atoms with van der Waals surface area (Å²) in [6.07, 6.45) is 0. The molecular formula is C9H11N3O2. The van der Waals surface area contributed by atoms with Gasteiger partial charge < -0.3 is 0 Å². The summed E-state index contributed by atoms with van der Waals surface area (Å²) >= 11 is 0. The van der Waals surface area contributed by atoms with E-state index in [-0.39, 0.29) is 5.69 Å². The molecule has 74 valence electrons. The Bertz CT molecular complexity index is 548. The Balaban J connectivity index is 2.86. The molecule has 0 saturated carbocycles. The Morgan fingerprint density at radius 3 is 2.57 bits per heavy atom. The molecule has 0 spiro atoms. The fourth-order valence-electron chi connectivity index (χ4n) is 1.55. The lowest BCUT2D eigenvalue weighted by atomic mass is 10.2. The van der Waals surface area contributed by atoms with E-state index in [2.05, 4.69) is 4.98 Å². The Labute approximate surface area is 80.3 Å². The summed E-state index contributed by atoms with van der Waals surface area (Å²) in [7, 11) is 1.44. The van der Waals surface area contributed by atoms with E-state index in [0.29, 0.717) is 12.4 Å². The molecule has 1 aliphatic heterocycles. The van der Waals surface area contributed by atoms with Gasteiger partial charge in [0.1, 0.15) is 5.82 Å². The Morgan fingerprint density at radius 1 is 1.29 bits per heavy atom. The molecule has 1 aromatic rings. The highest BCUT2D eigenvalue weighted by atomic mass is 16.2. The summed E-state index contributed by atoms with van der Waals surface area (Å²) in [6, 6.07) is 0. The quantitative estimate of drug-likeness (QED) is 0.571. The molecule has 0 aromatic carbocycles. The van der Waals surface area contributed by atoms with Gasteiger partial charge >= 0.3 is 11.4 Å². The predicted molar refractivity (Wildman–Crippen MR) is 52.0 cm³/mol. The van der Waals surface area contributed by atoms with Crippen LogP contribution in [0.15, 0.2) is 15.2 Å². The predicted octanol–water partition coefficient (Wildman–Crippen LogP) is -0.251. The van der Waals surface area contributed by atoms with Crippen LogP contribution in [-0.2, 0) is 13.6 Å². The summed E-state index contributed by atoms with van der Waals surface area (Å²) in [4.78, 5) is 26.8. The molecule has 5 heteroatoms. The van der Waals surface area contributed by atoms with E-state index in [1.54, 1.807) is 0 Å². The molecular weight excluding hydrogens is 182 g/mol. The molecule has 0 amide bonds. The smallest absolute Gasteiger partial charge is 0.273 e. The molecule has 1 aromatic heterocycles. The van der Waals surface area contributed by atoms with Gasteiger partial charge in [0, 0.05) is 7.05 Å². The Hall–Kier alpha value is -1.65. The van der Waals surface area contributed by atoms with Crippen LogP contribution in [0.25, 0.3) is 5.57 Å². The number of fused-ring (bicyclic) bond motifs is 1. The van der Waals surface area contributed by atoms with Gasteiger partial charge in [0.15, 0.2) is 0 Å². The van der Waals surface area contributed by atoms with E-state index in [0.717, 1.165) is 15.7 Å². The third-order valence-electron chi connectivity index (χ3n) is 2.63. The lowest BCUT2D eigenvalue weighted by molar-refractivity contribution is 0.614. The van der Waals surface area contributed by atoms with Crippen LogP contribution in [0.2, 0.25) is 0 Å².